The van der Waals surface area contributed by atoms with E-state index < -0.39 is 0 Å². The molecule has 5 aliphatic rings. The Morgan fingerprint density at radius 1 is 0.435 bits per heavy atom. The van der Waals surface area contributed by atoms with Gasteiger partial charge < -0.3 is 0 Å². The van der Waals surface area contributed by atoms with Gasteiger partial charge in [-0.15, -0.1) is 0 Å². The summed E-state index contributed by atoms with van der Waals surface area (Å²) in [5.74, 6) is 3.24. The van der Waals surface area contributed by atoms with Crippen molar-refractivity contribution in [3.63, 3.8) is 0 Å². The first-order valence-corrected chi connectivity index (χ1v) is 17.2. The Morgan fingerprint density at radius 3 is 1.72 bits per heavy atom. The first kappa shape index (κ1) is 25.4. The number of nitrogens with zero attached hydrogens (tertiary/aromatic N) is 2. The van der Waals surface area contributed by atoms with Gasteiger partial charge in [0.2, 0.25) is 0 Å². The minimum absolute atomic E-state index is 0.0853. The van der Waals surface area contributed by atoms with Crippen molar-refractivity contribution in [3.05, 3.63) is 132 Å². The lowest BCUT2D eigenvalue weighted by atomic mass is 9.43. The molecule has 0 saturated heterocycles. The van der Waals surface area contributed by atoms with Crippen molar-refractivity contribution in [1.82, 2.24) is 9.97 Å². The summed E-state index contributed by atoms with van der Waals surface area (Å²) < 4.78 is 0. The summed E-state index contributed by atoms with van der Waals surface area (Å²) in [7, 11) is 0. The fourth-order valence-corrected chi connectivity index (χ4v) is 11.0. The highest BCUT2D eigenvalue weighted by Crippen LogP contribution is 2.70. The molecule has 4 bridgehead atoms. The summed E-state index contributed by atoms with van der Waals surface area (Å²) in [6.07, 6.45) is 6.96. The number of aromatic nitrogens is 2. The molecule has 2 nitrogen and oxygen atoms in total. The van der Waals surface area contributed by atoms with Crippen LogP contribution in [0.3, 0.4) is 0 Å². The summed E-state index contributed by atoms with van der Waals surface area (Å²) in [5, 5.41) is 5.14. The maximum Gasteiger partial charge on any atom is 0.0979 e. The van der Waals surface area contributed by atoms with E-state index in [1.165, 1.54) is 70.3 Å². The molecule has 12 rings (SSSR count). The summed E-state index contributed by atoms with van der Waals surface area (Å²) in [4.78, 5) is 11.0. The number of benzene rings is 6. The van der Waals surface area contributed by atoms with E-state index >= 15 is 0 Å². The third-order valence-corrected chi connectivity index (χ3v) is 12.4. The molecule has 6 aromatic carbocycles. The van der Waals surface area contributed by atoms with Gasteiger partial charge in [-0.3, -0.25) is 0 Å². The van der Waals surface area contributed by atoms with Gasteiger partial charge in [-0.25, -0.2) is 9.97 Å². The third-order valence-electron chi connectivity index (χ3n) is 12.4. The second-order valence-corrected chi connectivity index (χ2v) is 14.5. The van der Waals surface area contributed by atoms with Gasteiger partial charge >= 0.3 is 0 Å². The lowest BCUT2D eigenvalue weighted by Gasteiger charge is -2.61. The van der Waals surface area contributed by atoms with Crippen molar-refractivity contribution in [2.45, 2.75) is 37.5 Å². The number of hydrogen-bond donors (Lipinski definition) is 0. The van der Waals surface area contributed by atoms with Crippen LogP contribution in [0.15, 0.2) is 121 Å². The predicted molar refractivity (Wildman–Crippen MR) is 189 cm³/mol. The van der Waals surface area contributed by atoms with E-state index in [1.807, 2.05) is 0 Å². The maximum absolute atomic E-state index is 5.52. The zero-order valence-corrected chi connectivity index (χ0v) is 25.8. The highest BCUT2D eigenvalue weighted by molar-refractivity contribution is 6.08. The van der Waals surface area contributed by atoms with E-state index in [-0.39, 0.29) is 5.41 Å². The monoisotopic (exact) mass is 590 g/mol. The molecule has 46 heavy (non-hydrogen) atoms. The van der Waals surface area contributed by atoms with Crippen molar-refractivity contribution >= 4 is 32.6 Å². The lowest BCUT2D eigenvalue weighted by molar-refractivity contribution is -0.0399. The van der Waals surface area contributed by atoms with E-state index in [1.54, 1.807) is 11.1 Å². The Balaban J connectivity index is 1.27. The molecule has 0 aliphatic heterocycles. The Labute approximate surface area is 269 Å². The highest BCUT2D eigenvalue weighted by atomic mass is 14.8. The zero-order valence-electron chi connectivity index (χ0n) is 25.8. The maximum atomic E-state index is 5.52. The SMILES string of the molecule is c1cc(-c2nc3ccccc3nc2-c2cccc3ccccc23)c2c(c1)C1(c3ccc4ccccc4c3-2)C2CC3CC(C2)CC1C3. The van der Waals surface area contributed by atoms with Crippen LogP contribution in [0.1, 0.15) is 43.2 Å². The highest BCUT2D eigenvalue weighted by Gasteiger charge is 2.62. The van der Waals surface area contributed by atoms with Crippen molar-refractivity contribution < 1.29 is 0 Å². The second-order valence-electron chi connectivity index (χ2n) is 14.5. The Bertz CT molecular complexity index is 2370. The molecule has 5 aliphatic carbocycles. The molecular formula is C44H34N2. The van der Waals surface area contributed by atoms with Crippen LogP contribution in [0, 0.1) is 23.7 Å². The molecular weight excluding hydrogens is 556 g/mol. The van der Waals surface area contributed by atoms with Gasteiger partial charge in [-0.2, -0.15) is 0 Å². The van der Waals surface area contributed by atoms with Crippen molar-refractivity contribution in [3.8, 4) is 33.6 Å². The predicted octanol–water partition coefficient (Wildman–Crippen LogP) is 11.0. The molecule has 1 heterocycles. The van der Waals surface area contributed by atoms with Gasteiger partial charge in [0.15, 0.2) is 0 Å². The summed E-state index contributed by atoms with van der Waals surface area (Å²) >= 11 is 0. The van der Waals surface area contributed by atoms with Crippen LogP contribution in [-0.2, 0) is 5.41 Å². The number of rotatable bonds is 2. The average Bonchev–Trinajstić information content (AvgIpc) is 3.41. The minimum atomic E-state index is 0.0853. The molecule has 2 heteroatoms. The fraction of sp³-hybridized carbons (Fsp3) is 0.227. The van der Waals surface area contributed by atoms with E-state index in [0.29, 0.717) is 11.8 Å². The Hall–Kier alpha value is -4.82. The van der Waals surface area contributed by atoms with Crippen LogP contribution in [-0.4, -0.2) is 9.97 Å². The fourth-order valence-electron chi connectivity index (χ4n) is 11.0. The lowest BCUT2D eigenvalue weighted by Crippen LogP contribution is -2.55. The Morgan fingerprint density at radius 2 is 0.978 bits per heavy atom. The largest absolute Gasteiger partial charge is 0.244 e. The van der Waals surface area contributed by atoms with Crippen LogP contribution in [0.25, 0.3) is 66.2 Å². The first-order valence-electron chi connectivity index (χ1n) is 17.2. The standard InChI is InChI=1S/C44H34N2/c1-3-12-32-28(9-1)11-7-14-34(32)42-43(46-39-18-6-5-17-38(39)45-42)35-15-8-16-36-41(35)40-33-13-4-2-10-29(33)19-20-37(40)44(36)30-22-26-21-27(24-30)25-31(44)23-26/h1-20,26-27,30-31H,21-25H2. The molecule has 1 spiro atoms. The van der Waals surface area contributed by atoms with E-state index in [0.717, 1.165) is 39.8 Å². The van der Waals surface area contributed by atoms with Crippen molar-refractivity contribution in [2.75, 3.05) is 0 Å². The molecule has 0 unspecified atom stereocenters. The summed E-state index contributed by atoms with van der Waals surface area (Å²) in [6, 6.07) is 44.8. The van der Waals surface area contributed by atoms with Crippen molar-refractivity contribution in [1.29, 1.82) is 0 Å². The van der Waals surface area contributed by atoms with Crippen LogP contribution in [0.2, 0.25) is 0 Å². The summed E-state index contributed by atoms with van der Waals surface area (Å²) in [5.41, 5.74) is 12.3. The van der Waals surface area contributed by atoms with Gasteiger partial charge in [0, 0.05) is 16.5 Å². The Kier molecular flexibility index (Phi) is 5.04. The molecule has 4 fully saturated rings. The van der Waals surface area contributed by atoms with Crippen LogP contribution >= 0.6 is 0 Å². The van der Waals surface area contributed by atoms with Crippen LogP contribution < -0.4 is 0 Å². The van der Waals surface area contributed by atoms with E-state index in [2.05, 4.69) is 121 Å². The van der Waals surface area contributed by atoms with Crippen LogP contribution in [0.4, 0.5) is 0 Å². The van der Waals surface area contributed by atoms with E-state index in [4.69, 9.17) is 9.97 Å². The van der Waals surface area contributed by atoms with Gasteiger partial charge in [-0.1, -0.05) is 109 Å². The molecule has 0 N–H and O–H groups in total. The van der Waals surface area contributed by atoms with Crippen molar-refractivity contribution in [2.24, 2.45) is 23.7 Å². The quantitative estimate of drug-likeness (QED) is 0.200. The molecule has 4 saturated carbocycles. The molecule has 1 aromatic heterocycles. The first-order chi connectivity index (χ1) is 22.8. The third kappa shape index (κ3) is 3.22. The molecule has 0 atom stereocenters. The number of hydrogen-bond acceptors (Lipinski definition) is 2. The molecule has 220 valence electrons. The van der Waals surface area contributed by atoms with Gasteiger partial charge in [0.05, 0.1) is 22.4 Å². The normalized spacial score (nSPS) is 25.5. The molecule has 0 amide bonds. The molecule has 0 radical (unpaired) electrons. The smallest absolute Gasteiger partial charge is 0.0979 e. The summed E-state index contributed by atoms with van der Waals surface area (Å²) in [6.45, 7) is 0. The minimum Gasteiger partial charge on any atom is -0.244 e. The topological polar surface area (TPSA) is 25.8 Å². The average molecular weight is 591 g/mol. The van der Waals surface area contributed by atoms with E-state index in [9.17, 15) is 0 Å². The number of fused-ring (bicyclic) bond motifs is 7. The zero-order chi connectivity index (χ0) is 30.0. The second kappa shape index (κ2) is 9.13. The van der Waals surface area contributed by atoms with Gasteiger partial charge in [-0.05, 0) is 112 Å². The van der Waals surface area contributed by atoms with Crippen LogP contribution in [0.5, 0.6) is 0 Å². The number of para-hydroxylation sites is 2. The molecule has 7 aromatic rings. The van der Waals surface area contributed by atoms with Gasteiger partial charge in [0.25, 0.3) is 0 Å². The van der Waals surface area contributed by atoms with Gasteiger partial charge in [0.1, 0.15) is 0 Å².